The third-order valence-corrected chi connectivity index (χ3v) is 6.05. The number of phenolic OH excluding ortho intramolecular Hbond substituents is 2. The van der Waals surface area contributed by atoms with Crippen molar-refractivity contribution in [3.05, 3.63) is 42.0 Å². The molecule has 6 heteroatoms. The maximum Gasteiger partial charge on any atom is 0.128 e. The first-order valence-electron chi connectivity index (χ1n) is 9.17. The number of phenols is 2. The fourth-order valence-corrected chi connectivity index (χ4v) is 4.48. The average Bonchev–Trinajstić information content (AvgIpc) is 3.36. The smallest absolute Gasteiger partial charge is 0.128 e. The molecule has 0 unspecified atom stereocenters. The summed E-state index contributed by atoms with van der Waals surface area (Å²) >= 11 is 1.29. The van der Waals surface area contributed by atoms with Gasteiger partial charge >= 0.3 is 0 Å². The molecule has 1 heterocycles. The molecule has 0 aliphatic heterocycles. The van der Waals surface area contributed by atoms with Crippen molar-refractivity contribution in [3.8, 4) is 38.9 Å². The zero-order valence-corrected chi connectivity index (χ0v) is 16.0. The second-order valence-corrected chi connectivity index (χ2v) is 7.79. The van der Waals surface area contributed by atoms with Crippen molar-refractivity contribution in [3.63, 3.8) is 0 Å². The molecule has 5 nitrogen and oxygen atoms in total. The average molecular weight is 382 g/mol. The quantitative estimate of drug-likeness (QED) is 0.648. The van der Waals surface area contributed by atoms with Crippen LogP contribution in [0.3, 0.4) is 0 Å². The Hall–Kier alpha value is -2.60. The van der Waals surface area contributed by atoms with Gasteiger partial charge in [-0.2, -0.15) is 0 Å². The molecule has 0 amide bonds. The van der Waals surface area contributed by atoms with E-state index in [1.54, 1.807) is 7.11 Å². The third-order valence-electron chi connectivity index (χ3n) is 5.28. The van der Waals surface area contributed by atoms with E-state index in [2.05, 4.69) is 9.59 Å². The number of aromatic nitrogens is 2. The van der Waals surface area contributed by atoms with Gasteiger partial charge in [0.25, 0.3) is 0 Å². The van der Waals surface area contributed by atoms with Crippen LogP contribution in [-0.4, -0.2) is 26.9 Å². The third kappa shape index (κ3) is 3.62. The standard InChI is InChI=1S/C21H22N2O3S/c1-26-16-8-6-14(7-9-16)21-20(22-23-27-21)17-11-15(18(24)12-19(17)25)10-13-4-2-3-5-13/h6-9,11-13,24-25H,2-5,10H2,1H3. The van der Waals surface area contributed by atoms with E-state index in [1.807, 2.05) is 30.3 Å². The van der Waals surface area contributed by atoms with Gasteiger partial charge in [-0.3, -0.25) is 0 Å². The van der Waals surface area contributed by atoms with Crippen LogP contribution in [0, 0.1) is 5.92 Å². The highest BCUT2D eigenvalue weighted by atomic mass is 32.1. The summed E-state index contributed by atoms with van der Waals surface area (Å²) in [6.45, 7) is 0. The molecule has 2 aromatic carbocycles. The monoisotopic (exact) mass is 382 g/mol. The summed E-state index contributed by atoms with van der Waals surface area (Å²) in [5.41, 5.74) is 3.07. The molecule has 3 aromatic rings. The second-order valence-electron chi connectivity index (χ2n) is 7.03. The zero-order chi connectivity index (χ0) is 18.8. The molecular weight excluding hydrogens is 360 g/mol. The largest absolute Gasteiger partial charge is 0.508 e. The predicted molar refractivity (Wildman–Crippen MR) is 106 cm³/mol. The lowest BCUT2D eigenvalue weighted by atomic mass is 9.94. The van der Waals surface area contributed by atoms with Crippen molar-refractivity contribution < 1.29 is 14.9 Å². The van der Waals surface area contributed by atoms with Crippen LogP contribution in [0.15, 0.2) is 36.4 Å². The number of hydrogen-bond acceptors (Lipinski definition) is 6. The second kappa shape index (κ2) is 7.56. The van der Waals surface area contributed by atoms with E-state index in [4.69, 9.17) is 4.74 Å². The Morgan fingerprint density at radius 3 is 2.52 bits per heavy atom. The Morgan fingerprint density at radius 1 is 1.07 bits per heavy atom. The van der Waals surface area contributed by atoms with Crippen LogP contribution in [0.4, 0.5) is 0 Å². The maximum atomic E-state index is 10.5. The van der Waals surface area contributed by atoms with Gasteiger partial charge in [-0.15, -0.1) is 5.10 Å². The van der Waals surface area contributed by atoms with Crippen LogP contribution >= 0.6 is 11.5 Å². The molecule has 0 bridgehead atoms. The van der Waals surface area contributed by atoms with E-state index < -0.39 is 0 Å². The maximum absolute atomic E-state index is 10.5. The van der Waals surface area contributed by atoms with Crippen LogP contribution in [-0.2, 0) is 6.42 Å². The van der Waals surface area contributed by atoms with Gasteiger partial charge < -0.3 is 14.9 Å². The Balaban J connectivity index is 1.71. The van der Waals surface area contributed by atoms with Gasteiger partial charge in [0.15, 0.2) is 0 Å². The Morgan fingerprint density at radius 2 is 1.81 bits per heavy atom. The lowest BCUT2D eigenvalue weighted by molar-refractivity contribution is 0.415. The molecule has 1 fully saturated rings. The van der Waals surface area contributed by atoms with Gasteiger partial charge in [-0.05, 0) is 65.3 Å². The number of nitrogens with zero attached hydrogens (tertiary/aromatic N) is 2. The summed E-state index contributed by atoms with van der Waals surface area (Å²) in [4.78, 5) is 0.880. The van der Waals surface area contributed by atoms with E-state index in [-0.39, 0.29) is 11.5 Å². The highest BCUT2D eigenvalue weighted by molar-refractivity contribution is 7.09. The van der Waals surface area contributed by atoms with Gasteiger partial charge in [0, 0.05) is 11.6 Å². The molecule has 1 aromatic heterocycles. The van der Waals surface area contributed by atoms with E-state index in [9.17, 15) is 10.2 Å². The highest BCUT2D eigenvalue weighted by Gasteiger charge is 2.21. The fourth-order valence-electron chi connectivity index (χ4n) is 3.80. The molecule has 140 valence electrons. The number of methoxy groups -OCH3 is 1. The zero-order valence-electron chi connectivity index (χ0n) is 15.2. The summed E-state index contributed by atoms with van der Waals surface area (Å²) < 4.78 is 9.32. The molecule has 4 rings (SSSR count). The minimum Gasteiger partial charge on any atom is -0.508 e. The van der Waals surface area contributed by atoms with Gasteiger partial charge in [-0.1, -0.05) is 30.2 Å². The predicted octanol–water partition coefficient (Wildman–Crippen LogP) is 5.02. The number of benzene rings is 2. The molecule has 1 aliphatic rings. The molecule has 0 spiro atoms. The van der Waals surface area contributed by atoms with E-state index in [1.165, 1.54) is 43.3 Å². The minimum atomic E-state index is 0.0186. The SMILES string of the molecule is COc1ccc(-c2snnc2-c2cc(CC3CCCC3)c(O)cc2O)cc1. The molecule has 27 heavy (non-hydrogen) atoms. The van der Waals surface area contributed by atoms with Crippen LogP contribution in [0.25, 0.3) is 21.7 Å². The first-order valence-corrected chi connectivity index (χ1v) is 9.95. The van der Waals surface area contributed by atoms with Crippen LogP contribution in [0.5, 0.6) is 17.2 Å². The summed E-state index contributed by atoms with van der Waals surface area (Å²) in [6.07, 6.45) is 5.74. The van der Waals surface area contributed by atoms with Gasteiger partial charge in [0.05, 0.1) is 12.0 Å². The summed E-state index contributed by atoms with van der Waals surface area (Å²) in [5, 5.41) is 25.0. The lowest BCUT2D eigenvalue weighted by Crippen LogP contribution is -1.99. The fraction of sp³-hybridized carbons (Fsp3) is 0.333. The molecule has 0 radical (unpaired) electrons. The topological polar surface area (TPSA) is 75.5 Å². The van der Waals surface area contributed by atoms with E-state index in [0.717, 1.165) is 28.2 Å². The minimum absolute atomic E-state index is 0.0186. The first kappa shape index (κ1) is 17.8. The summed E-state index contributed by atoms with van der Waals surface area (Å²) in [7, 11) is 1.63. The van der Waals surface area contributed by atoms with Gasteiger partial charge in [0.2, 0.25) is 0 Å². The molecule has 0 atom stereocenters. The van der Waals surface area contributed by atoms with Crippen LogP contribution < -0.4 is 4.74 Å². The van der Waals surface area contributed by atoms with E-state index >= 15 is 0 Å². The van der Waals surface area contributed by atoms with Crippen molar-refractivity contribution >= 4 is 11.5 Å². The van der Waals surface area contributed by atoms with Gasteiger partial charge in [-0.25, -0.2) is 0 Å². The van der Waals surface area contributed by atoms with Gasteiger partial charge in [0.1, 0.15) is 22.9 Å². The Bertz CT molecular complexity index is 931. The molecule has 1 aliphatic carbocycles. The first-order chi connectivity index (χ1) is 13.2. The van der Waals surface area contributed by atoms with Crippen molar-refractivity contribution in [2.75, 3.05) is 7.11 Å². The van der Waals surface area contributed by atoms with Crippen LogP contribution in [0.2, 0.25) is 0 Å². The van der Waals surface area contributed by atoms with Crippen molar-refractivity contribution in [2.24, 2.45) is 5.92 Å². The van der Waals surface area contributed by atoms with E-state index in [0.29, 0.717) is 17.2 Å². The Labute approximate surface area is 162 Å². The molecular formula is C21H22N2O3S. The number of aromatic hydroxyl groups is 2. The molecule has 1 saturated carbocycles. The van der Waals surface area contributed by atoms with Crippen molar-refractivity contribution in [1.82, 2.24) is 9.59 Å². The normalized spacial score (nSPS) is 14.6. The lowest BCUT2D eigenvalue weighted by Gasteiger charge is -2.13. The molecule has 0 saturated heterocycles. The van der Waals surface area contributed by atoms with Crippen molar-refractivity contribution in [1.29, 1.82) is 0 Å². The Kier molecular flexibility index (Phi) is 4.99. The van der Waals surface area contributed by atoms with Crippen molar-refractivity contribution in [2.45, 2.75) is 32.1 Å². The number of ether oxygens (including phenoxy) is 1. The summed E-state index contributed by atoms with van der Waals surface area (Å²) in [5.74, 6) is 1.55. The molecule has 2 N–H and O–H groups in total. The highest BCUT2D eigenvalue weighted by Crippen LogP contribution is 2.41. The number of rotatable bonds is 5. The van der Waals surface area contributed by atoms with Crippen LogP contribution in [0.1, 0.15) is 31.2 Å². The number of hydrogen-bond donors (Lipinski definition) is 2. The summed E-state index contributed by atoms with van der Waals surface area (Å²) in [6, 6.07) is 11.0.